The van der Waals surface area contributed by atoms with Gasteiger partial charge >= 0.3 is 0 Å². The quantitative estimate of drug-likeness (QED) is 0.366. The highest BCUT2D eigenvalue weighted by atomic mass is 16.5. The molecule has 3 aromatic rings. The van der Waals surface area contributed by atoms with Gasteiger partial charge < -0.3 is 14.2 Å². The van der Waals surface area contributed by atoms with Crippen molar-refractivity contribution >= 4 is 16.9 Å². The number of para-hydroxylation sites is 2. The molecule has 0 radical (unpaired) electrons. The van der Waals surface area contributed by atoms with Crippen molar-refractivity contribution in [2.45, 2.75) is 76.8 Å². The van der Waals surface area contributed by atoms with Gasteiger partial charge in [0.2, 0.25) is 5.91 Å². The van der Waals surface area contributed by atoms with E-state index in [4.69, 9.17) is 9.72 Å². The highest BCUT2D eigenvalue weighted by Gasteiger charge is 2.41. The molecule has 33 heavy (non-hydrogen) atoms. The maximum atomic E-state index is 12.5. The van der Waals surface area contributed by atoms with Crippen LogP contribution in [-0.2, 0) is 11.3 Å². The van der Waals surface area contributed by atoms with Gasteiger partial charge in [-0.2, -0.15) is 0 Å². The molecule has 5 heteroatoms. The van der Waals surface area contributed by atoms with Crippen LogP contribution in [0.2, 0.25) is 0 Å². The summed E-state index contributed by atoms with van der Waals surface area (Å²) in [5.74, 6) is 3.11. The van der Waals surface area contributed by atoms with Crippen LogP contribution in [0.4, 0.5) is 0 Å². The highest BCUT2D eigenvalue weighted by Crippen LogP contribution is 2.37. The Hall–Kier alpha value is -2.82. The summed E-state index contributed by atoms with van der Waals surface area (Å²) in [7, 11) is 0. The van der Waals surface area contributed by atoms with Gasteiger partial charge in [0.15, 0.2) is 0 Å². The van der Waals surface area contributed by atoms with Gasteiger partial charge in [-0.05, 0) is 67.9 Å². The molecule has 0 N–H and O–H groups in total. The van der Waals surface area contributed by atoms with Crippen LogP contribution in [-0.4, -0.2) is 39.6 Å². The summed E-state index contributed by atoms with van der Waals surface area (Å²) >= 11 is 0. The molecular formula is C28H35N3O2. The van der Waals surface area contributed by atoms with Gasteiger partial charge in [0.1, 0.15) is 11.6 Å². The first-order chi connectivity index (χ1) is 16.1. The molecule has 2 atom stereocenters. The van der Waals surface area contributed by atoms with E-state index in [0.717, 1.165) is 62.3 Å². The Balaban J connectivity index is 1.20. The number of rotatable bonds is 10. The van der Waals surface area contributed by atoms with Crippen molar-refractivity contribution in [1.29, 1.82) is 0 Å². The maximum absolute atomic E-state index is 12.5. The summed E-state index contributed by atoms with van der Waals surface area (Å²) < 4.78 is 8.35. The second-order valence-electron chi connectivity index (χ2n) is 9.72. The highest BCUT2D eigenvalue weighted by molar-refractivity contribution is 5.81. The van der Waals surface area contributed by atoms with E-state index in [2.05, 4.69) is 65.8 Å². The predicted octanol–water partition coefficient (Wildman–Crippen LogP) is 5.89. The number of aryl methyl sites for hydroxylation is 1. The van der Waals surface area contributed by atoms with Crippen LogP contribution >= 0.6 is 0 Å². The van der Waals surface area contributed by atoms with Crippen molar-refractivity contribution in [1.82, 2.24) is 14.5 Å². The molecule has 174 valence electrons. The molecule has 1 aliphatic heterocycles. The summed E-state index contributed by atoms with van der Waals surface area (Å²) in [6.45, 7) is 6.91. The lowest BCUT2D eigenvalue weighted by molar-refractivity contribution is -0.128. The first-order valence-corrected chi connectivity index (χ1v) is 12.6. The first-order valence-electron chi connectivity index (χ1n) is 12.6. The molecule has 1 aliphatic carbocycles. The van der Waals surface area contributed by atoms with E-state index in [-0.39, 0.29) is 5.92 Å². The largest absolute Gasteiger partial charge is 0.494 e. The summed E-state index contributed by atoms with van der Waals surface area (Å²) in [5.41, 5.74) is 3.57. The molecule has 2 unspecified atom stereocenters. The van der Waals surface area contributed by atoms with Crippen molar-refractivity contribution in [3.8, 4) is 5.75 Å². The molecule has 5 nitrogen and oxygen atoms in total. The predicted molar refractivity (Wildman–Crippen MR) is 132 cm³/mol. The van der Waals surface area contributed by atoms with Gasteiger partial charge in [0.25, 0.3) is 0 Å². The minimum atomic E-state index is 0.200. The second kappa shape index (κ2) is 9.58. The molecular weight excluding hydrogens is 410 g/mol. The summed E-state index contributed by atoms with van der Waals surface area (Å²) in [6, 6.07) is 17.4. The number of unbranched alkanes of at least 4 members (excludes halogenated alkanes) is 1. The third-order valence-electron chi connectivity index (χ3n) is 7.30. The Labute approximate surface area is 196 Å². The number of nitrogens with zero attached hydrogens (tertiary/aromatic N) is 3. The summed E-state index contributed by atoms with van der Waals surface area (Å²) in [6.07, 6.45) is 6.07. The van der Waals surface area contributed by atoms with E-state index in [9.17, 15) is 4.79 Å². The number of hydrogen-bond donors (Lipinski definition) is 0. The molecule has 1 aromatic heterocycles. The zero-order valence-corrected chi connectivity index (χ0v) is 19.9. The molecule has 2 fully saturated rings. The van der Waals surface area contributed by atoms with E-state index in [1.165, 1.54) is 11.1 Å². The van der Waals surface area contributed by atoms with Crippen molar-refractivity contribution < 1.29 is 9.53 Å². The first kappa shape index (κ1) is 22.0. The number of carbonyl (C=O) groups is 1. The number of hydrogen-bond acceptors (Lipinski definition) is 3. The zero-order valence-electron chi connectivity index (χ0n) is 19.9. The van der Waals surface area contributed by atoms with Crippen LogP contribution in [0.25, 0.3) is 11.0 Å². The Morgan fingerprint density at radius 3 is 2.64 bits per heavy atom. The summed E-state index contributed by atoms with van der Waals surface area (Å²) in [4.78, 5) is 19.6. The Morgan fingerprint density at radius 1 is 1.09 bits per heavy atom. The Morgan fingerprint density at radius 2 is 1.88 bits per heavy atom. The van der Waals surface area contributed by atoms with Crippen LogP contribution in [0.1, 0.15) is 75.6 Å². The van der Waals surface area contributed by atoms with Gasteiger partial charge in [0, 0.05) is 31.5 Å². The lowest BCUT2D eigenvalue weighted by Crippen LogP contribution is -2.27. The number of amides is 1. The number of fused-ring (bicyclic) bond motifs is 1. The molecule has 1 saturated heterocycles. The molecule has 2 heterocycles. The smallest absolute Gasteiger partial charge is 0.223 e. The van der Waals surface area contributed by atoms with Crippen LogP contribution in [0.15, 0.2) is 48.5 Å². The fourth-order valence-electron chi connectivity index (χ4n) is 4.97. The number of benzene rings is 2. The third kappa shape index (κ3) is 4.78. The average molecular weight is 446 g/mol. The minimum Gasteiger partial charge on any atom is -0.494 e. The maximum Gasteiger partial charge on any atom is 0.223 e. The lowest BCUT2D eigenvalue weighted by Gasteiger charge is -2.16. The van der Waals surface area contributed by atoms with Crippen molar-refractivity contribution in [2.24, 2.45) is 0 Å². The van der Waals surface area contributed by atoms with Crippen LogP contribution in [0, 0.1) is 0 Å². The summed E-state index contributed by atoms with van der Waals surface area (Å²) in [5, 5.41) is 0. The van der Waals surface area contributed by atoms with Gasteiger partial charge in [-0.25, -0.2) is 4.98 Å². The van der Waals surface area contributed by atoms with Crippen LogP contribution in [0.3, 0.4) is 0 Å². The van der Waals surface area contributed by atoms with Gasteiger partial charge in [0.05, 0.1) is 17.6 Å². The zero-order chi connectivity index (χ0) is 22.8. The molecule has 1 saturated carbocycles. The average Bonchev–Trinajstić information content (AvgIpc) is 3.51. The van der Waals surface area contributed by atoms with E-state index >= 15 is 0 Å². The molecule has 1 amide bonds. The molecule has 0 spiro atoms. The molecule has 2 aromatic carbocycles. The SMILES string of the molecule is CCC(C)c1ccc(OCCCCn2c(C3CC(=O)N(C4CC4)C3)nc3ccccc32)cc1. The van der Waals surface area contributed by atoms with Crippen molar-refractivity contribution in [3.63, 3.8) is 0 Å². The van der Waals surface area contributed by atoms with Crippen molar-refractivity contribution in [2.75, 3.05) is 13.2 Å². The van der Waals surface area contributed by atoms with E-state index in [1.807, 2.05) is 6.07 Å². The normalized spacial score (nSPS) is 19.4. The molecule has 5 rings (SSSR count). The number of imidazole rings is 1. The van der Waals surface area contributed by atoms with Gasteiger partial charge in [-0.1, -0.05) is 38.1 Å². The van der Waals surface area contributed by atoms with Crippen molar-refractivity contribution in [3.05, 3.63) is 59.9 Å². The van der Waals surface area contributed by atoms with E-state index in [0.29, 0.717) is 30.9 Å². The van der Waals surface area contributed by atoms with Gasteiger partial charge in [-0.3, -0.25) is 4.79 Å². The Bertz CT molecular complexity index is 1100. The number of likely N-dealkylation sites (tertiary alicyclic amines) is 1. The second-order valence-corrected chi connectivity index (χ2v) is 9.72. The van der Waals surface area contributed by atoms with Crippen LogP contribution in [0.5, 0.6) is 5.75 Å². The van der Waals surface area contributed by atoms with E-state index in [1.54, 1.807) is 0 Å². The fourth-order valence-corrected chi connectivity index (χ4v) is 4.97. The standard InChI is InChI=1S/C28H35N3O2/c1-3-20(2)21-10-14-24(15-11-21)33-17-7-6-16-30-26-9-5-4-8-25(26)29-28(30)22-18-27(32)31(19-22)23-12-13-23/h4-5,8-11,14-15,20,22-23H,3,6-7,12-13,16-19H2,1-2H3. The number of aromatic nitrogens is 2. The Kier molecular flexibility index (Phi) is 6.39. The fraction of sp³-hybridized carbons (Fsp3) is 0.500. The van der Waals surface area contributed by atoms with Crippen LogP contribution < -0.4 is 4.74 Å². The third-order valence-corrected chi connectivity index (χ3v) is 7.30. The monoisotopic (exact) mass is 445 g/mol. The molecule has 0 bridgehead atoms. The molecule has 2 aliphatic rings. The van der Waals surface area contributed by atoms with E-state index < -0.39 is 0 Å². The minimum absolute atomic E-state index is 0.200. The van der Waals surface area contributed by atoms with Gasteiger partial charge in [-0.15, -0.1) is 0 Å². The number of carbonyl (C=O) groups excluding carboxylic acids is 1. The number of ether oxygens (including phenoxy) is 1. The lowest BCUT2D eigenvalue weighted by atomic mass is 9.99. The topological polar surface area (TPSA) is 47.4 Å².